The molecule has 7 rings (SSSR count). The van der Waals surface area contributed by atoms with Gasteiger partial charge in [-0.15, -0.1) is 0 Å². The number of ether oxygens (including phenoxy) is 4. The molecule has 10 heteroatoms. The van der Waals surface area contributed by atoms with Crippen LogP contribution in [-0.2, 0) is 52.6 Å². The predicted octanol–water partition coefficient (Wildman–Crippen LogP) is 5.13. The standard InChI is InChI=1S/C36H32N3O7/c1-21(44-32(40)14-22-17-37-28-11-5-2-8-25(22)28)35-36(46-34(42)16-24-19-39-30-13-7-4-10-27(24)30)31(20-43-35)45-33(41)15-23-18-38-29-12-6-3-9-26(23)29/h2-13,17-19,21,31,35-39H,1,14-16,20H2/t21-,31+,35-,36-/m1/s1. The summed E-state index contributed by atoms with van der Waals surface area (Å²) in [6.45, 7) is 3.96. The highest BCUT2D eigenvalue weighted by Gasteiger charge is 2.46. The van der Waals surface area contributed by atoms with Gasteiger partial charge in [-0.25, -0.2) is 0 Å². The lowest BCUT2D eigenvalue weighted by molar-refractivity contribution is -0.170. The summed E-state index contributed by atoms with van der Waals surface area (Å²) < 4.78 is 23.4. The van der Waals surface area contributed by atoms with Crippen LogP contribution in [0.15, 0.2) is 91.4 Å². The minimum absolute atomic E-state index is 0.00853. The molecule has 1 aliphatic heterocycles. The van der Waals surface area contributed by atoms with E-state index in [0.29, 0.717) is 0 Å². The Labute approximate surface area is 264 Å². The Morgan fingerprint density at radius 2 is 1.11 bits per heavy atom. The smallest absolute Gasteiger partial charge is 0.310 e. The monoisotopic (exact) mass is 618 g/mol. The molecule has 10 nitrogen and oxygen atoms in total. The van der Waals surface area contributed by atoms with Crippen molar-refractivity contribution in [3.63, 3.8) is 0 Å². The molecule has 0 unspecified atom stereocenters. The Kier molecular flexibility index (Phi) is 8.02. The van der Waals surface area contributed by atoms with Crippen LogP contribution >= 0.6 is 0 Å². The van der Waals surface area contributed by atoms with Gasteiger partial charge >= 0.3 is 17.9 Å². The molecule has 0 amide bonds. The number of aromatic amines is 3. The first kappa shape index (κ1) is 29.4. The number of esters is 3. The quantitative estimate of drug-likeness (QED) is 0.143. The number of aromatic nitrogens is 3. The zero-order valence-electron chi connectivity index (χ0n) is 24.9. The number of hydrogen-bond donors (Lipinski definition) is 3. The minimum Gasteiger partial charge on any atom is -0.459 e. The van der Waals surface area contributed by atoms with Gasteiger partial charge in [0.05, 0.1) is 25.9 Å². The Morgan fingerprint density at radius 1 is 0.674 bits per heavy atom. The highest BCUT2D eigenvalue weighted by Crippen LogP contribution is 2.28. The summed E-state index contributed by atoms with van der Waals surface area (Å²) in [4.78, 5) is 48.9. The highest BCUT2D eigenvalue weighted by atomic mass is 16.6. The molecular formula is C36H32N3O7. The third kappa shape index (κ3) is 5.99. The van der Waals surface area contributed by atoms with E-state index in [1.807, 2.05) is 72.8 Å². The Balaban J connectivity index is 1.06. The zero-order chi connectivity index (χ0) is 31.6. The van der Waals surface area contributed by atoms with E-state index < -0.39 is 42.3 Å². The van der Waals surface area contributed by atoms with Crippen molar-refractivity contribution in [3.05, 3.63) is 115 Å². The summed E-state index contributed by atoms with van der Waals surface area (Å²) in [6.07, 6.45) is 1.34. The number of H-pyrrole nitrogens is 3. The molecule has 0 bridgehead atoms. The lowest BCUT2D eigenvalue weighted by Gasteiger charge is -2.26. The fourth-order valence-electron chi connectivity index (χ4n) is 6.15. The van der Waals surface area contributed by atoms with E-state index >= 15 is 0 Å². The van der Waals surface area contributed by atoms with E-state index in [-0.39, 0.29) is 25.9 Å². The molecule has 6 aromatic rings. The minimum atomic E-state index is -1.05. The van der Waals surface area contributed by atoms with E-state index in [4.69, 9.17) is 18.9 Å². The van der Waals surface area contributed by atoms with Gasteiger partial charge in [0.25, 0.3) is 0 Å². The lowest BCUT2D eigenvalue weighted by Crippen LogP contribution is -2.44. The molecule has 1 fully saturated rings. The summed E-state index contributed by atoms with van der Waals surface area (Å²) in [7, 11) is 0. The van der Waals surface area contributed by atoms with Crippen LogP contribution in [-0.4, -0.2) is 63.9 Å². The SMILES string of the molecule is [CH2][C@@H](OC(=O)Cc1c[nH]c2ccccc12)[C@H]1OC[C@H](OC(=O)Cc2c[nH]c3ccccc23)[C@H]1OC(=O)Cc1c[nH]c2ccccc12. The van der Waals surface area contributed by atoms with Crippen LogP contribution < -0.4 is 0 Å². The van der Waals surface area contributed by atoms with Gasteiger partial charge in [0.2, 0.25) is 0 Å². The number of rotatable bonds is 10. The number of para-hydroxylation sites is 3. The summed E-state index contributed by atoms with van der Waals surface area (Å²) in [5, 5.41) is 2.74. The molecule has 4 heterocycles. The van der Waals surface area contributed by atoms with E-state index in [2.05, 4.69) is 21.9 Å². The molecule has 0 saturated carbocycles. The first-order valence-corrected chi connectivity index (χ1v) is 15.1. The van der Waals surface area contributed by atoms with Gasteiger partial charge in [-0.05, 0) is 41.8 Å². The molecule has 3 aromatic carbocycles. The summed E-state index contributed by atoms with van der Waals surface area (Å²) in [6, 6.07) is 23.0. The van der Waals surface area contributed by atoms with Gasteiger partial charge in [-0.1, -0.05) is 54.6 Å². The number of fused-ring (bicyclic) bond motifs is 3. The van der Waals surface area contributed by atoms with Crippen LogP contribution in [0.4, 0.5) is 0 Å². The Bertz CT molecular complexity index is 2040. The van der Waals surface area contributed by atoms with E-state index in [1.54, 1.807) is 18.6 Å². The van der Waals surface area contributed by atoms with Crippen molar-refractivity contribution in [2.45, 2.75) is 43.7 Å². The third-order valence-corrected chi connectivity index (χ3v) is 8.37. The van der Waals surface area contributed by atoms with Crippen molar-refractivity contribution in [3.8, 4) is 0 Å². The number of benzene rings is 3. The Morgan fingerprint density at radius 3 is 1.61 bits per heavy atom. The van der Waals surface area contributed by atoms with Crippen molar-refractivity contribution in [1.29, 1.82) is 0 Å². The molecule has 3 aromatic heterocycles. The second kappa shape index (κ2) is 12.6. The second-order valence-electron chi connectivity index (χ2n) is 11.4. The van der Waals surface area contributed by atoms with Crippen molar-refractivity contribution in [2.24, 2.45) is 0 Å². The van der Waals surface area contributed by atoms with Gasteiger partial charge in [0, 0.05) is 51.3 Å². The molecule has 1 radical (unpaired) electrons. The molecule has 46 heavy (non-hydrogen) atoms. The second-order valence-corrected chi connectivity index (χ2v) is 11.4. The van der Waals surface area contributed by atoms with Gasteiger partial charge in [-0.3, -0.25) is 14.4 Å². The third-order valence-electron chi connectivity index (χ3n) is 8.37. The molecule has 3 N–H and O–H groups in total. The van der Waals surface area contributed by atoms with Crippen molar-refractivity contribution in [1.82, 2.24) is 15.0 Å². The van der Waals surface area contributed by atoms with Crippen molar-refractivity contribution in [2.75, 3.05) is 6.61 Å². The molecule has 0 aliphatic carbocycles. The average molecular weight is 619 g/mol. The molecule has 233 valence electrons. The van der Waals surface area contributed by atoms with Crippen LogP contribution in [0, 0.1) is 6.92 Å². The topological polar surface area (TPSA) is 136 Å². The van der Waals surface area contributed by atoms with Crippen LogP contribution in [0.3, 0.4) is 0 Å². The maximum Gasteiger partial charge on any atom is 0.310 e. The van der Waals surface area contributed by atoms with Gasteiger partial charge in [-0.2, -0.15) is 0 Å². The Hall–Kier alpha value is -5.35. The number of hydrogen-bond acceptors (Lipinski definition) is 7. The van der Waals surface area contributed by atoms with Crippen LogP contribution in [0.5, 0.6) is 0 Å². The average Bonchev–Trinajstić information content (AvgIpc) is 3.84. The fourth-order valence-corrected chi connectivity index (χ4v) is 6.15. The fraction of sp³-hybridized carbons (Fsp3) is 0.222. The van der Waals surface area contributed by atoms with Crippen LogP contribution in [0.2, 0.25) is 0 Å². The largest absolute Gasteiger partial charge is 0.459 e. The number of carbonyl (C=O) groups excluding carboxylic acids is 3. The number of nitrogens with one attached hydrogen (secondary N) is 3. The summed E-state index contributed by atoms with van der Waals surface area (Å²) >= 11 is 0. The maximum atomic E-state index is 13.3. The number of carbonyl (C=O) groups is 3. The van der Waals surface area contributed by atoms with Crippen LogP contribution in [0.1, 0.15) is 16.7 Å². The van der Waals surface area contributed by atoms with Crippen LogP contribution in [0.25, 0.3) is 32.7 Å². The van der Waals surface area contributed by atoms with Crippen molar-refractivity contribution >= 4 is 50.6 Å². The van der Waals surface area contributed by atoms with Gasteiger partial charge in [0.15, 0.2) is 12.2 Å². The van der Waals surface area contributed by atoms with Gasteiger partial charge in [0.1, 0.15) is 12.2 Å². The molecule has 1 aliphatic rings. The van der Waals surface area contributed by atoms with Gasteiger partial charge < -0.3 is 33.9 Å². The predicted molar refractivity (Wildman–Crippen MR) is 171 cm³/mol. The first-order valence-electron chi connectivity index (χ1n) is 15.1. The highest BCUT2D eigenvalue weighted by molar-refractivity contribution is 5.89. The zero-order valence-corrected chi connectivity index (χ0v) is 24.9. The van der Waals surface area contributed by atoms with E-state index in [9.17, 15) is 14.4 Å². The summed E-state index contributed by atoms with van der Waals surface area (Å²) in [5.41, 5.74) is 5.05. The van der Waals surface area contributed by atoms with E-state index in [1.165, 1.54) is 0 Å². The normalized spacial score (nSPS) is 18.6. The molecule has 0 spiro atoms. The molecule has 1 saturated heterocycles. The van der Waals surface area contributed by atoms with Crippen molar-refractivity contribution < 1.29 is 33.3 Å². The molecular weight excluding hydrogens is 586 g/mol. The maximum absolute atomic E-state index is 13.3. The lowest BCUT2D eigenvalue weighted by atomic mass is 10.1. The summed E-state index contributed by atoms with van der Waals surface area (Å²) in [5.74, 6) is -1.56. The first-order chi connectivity index (χ1) is 22.4. The molecule has 4 atom stereocenters. The van der Waals surface area contributed by atoms with E-state index in [0.717, 1.165) is 49.4 Å².